The molecule has 4 nitrogen and oxygen atoms in total. The van der Waals surface area contributed by atoms with Crippen LogP contribution in [0.2, 0.25) is 0 Å². The zero-order valence-electron chi connectivity index (χ0n) is 10.7. The number of nitro groups is 1. The Balaban J connectivity index is 2.24. The quantitative estimate of drug-likeness (QED) is 0.672. The van der Waals surface area contributed by atoms with E-state index in [2.05, 4.69) is 5.32 Å². The van der Waals surface area contributed by atoms with Gasteiger partial charge < -0.3 is 5.32 Å². The summed E-state index contributed by atoms with van der Waals surface area (Å²) in [6.07, 6.45) is 2.16. The average Bonchev–Trinajstić information content (AvgIpc) is 2.34. The second-order valence-corrected chi connectivity index (χ2v) is 5.97. The Morgan fingerprint density at radius 2 is 1.89 bits per heavy atom. The topological polar surface area (TPSA) is 55.2 Å². The van der Waals surface area contributed by atoms with Gasteiger partial charge in [-0.1, -0.05) is 0 Å². The molecule has 1 fully saturated rings. The van der Waals surface area contributed by atoms with Crippen molar-refractivity contribution in [3.63, 3.8) is 0 Å². The van der Waals surface area contributed by atoms with E-state index in [1.165, 1.54) is 0 Å². The van der Waals surface area contributed by atoms with Gasteiger partial charge in [-0.2, -0.15) is 11.8 Å². The molecule has 98 valence electrons. The molecule has 0 unspecified atom stereocenters. The molecule has 18 heavy (non-hydrogen) atoms. The van der Waals surface area contributed by atoms with Gasteiger partial charge in [0.15, 0.2) is 0 Å². The molecule has 2 rings (SSSR count). The summed E-state index contributed by atoms with van der Waals surface area (Å²) in [5.74, 6) is 2.27. The van der Waals surface area contributed by atoms with Crippen LogP contribution in [-0.2, 0) is 0 Å². The first-order valence-electron chi connectivity index (χ1n) is 6.18. The number of benzene rings is 1. The summed E-state index contributed by atoms with van der Waals surface area (Å²) in [7, 11) is 0. The second-order valence-electron chi connectivity index (χ2n) is 4.74. The molecular weight excluding hydrogens is 248 g/mol. The number of anilines is 1. The number of hydrogen-bond donors (Lipinski definition) is 1. The molecule has 5 heteroatoms. The number of aryl methyl sites for hydroxylation is 2. The Hall–Kier alpha value is -1.23. The lowest BCUT2D eigenvalue weighted by molar-refractivity contribution is -0.384. The van der Waals surface area contributed by atoms with Crippen LogP contribution < -0.4 is 5.32 Å². The molecule has 0 spiro atoms. The van der Waals surface area contributed by atoms with E-state index in [1.54, 1.807) is 6.07 Å². The molecule has 0 aliphatic carbocycles. The van der Waals surface area contributed by atoms with Crippen LogP contribution in [0.5, 0.6) is 0 Å². The molecule has 1 aromatic carbocycles. The Morgan fingerprint density at radius 3 is 2.50 bits per heavy atom. The van der Waals surface area contributed by atoms with Gasteiger partial charge in [0.25, 0.3) is 5.69 Å². The van der Waals surface area contributed by atoms with Crippen molar-refractivity contribution in [2.75, 3.05) is 16.8 Å². The predicted octanol–water partition coefficient (Wildman–Crippen LogP) is 3.52. The van der Waals surface area contributed by atoms with Gasteiger partial charge in [0.2, 0.25) is 0 Å². The monoisotopic (exact) mass is 266 g/mol. The van der Waals surface area contributed by atoms with Crippen LogP contribution in [0.1, 0.15) is 24.0 Å². The summed E-state index contributed by atoms with van der Waals surface area (Å²) in [5.41, 5.74) is 2.91. The smallest absolute Gasteiger partial charge is 0.292 e. The maximum Gasteiger partial charge on any atom is 0.292 e. The SMILES string of the molecule is Cc1cc(NC2CCSCC2)c([N+](=O)[O-])cc1C. The lowest BCUT2D eigenvalue weighted by Crippen LogP contribution is -2.25. The van der Waals surface area contributed by atoms with Gasteiger partial charge in [0.05, 0.1) is 4.92 Å². The number of nitro benzene ring substituents is 1. The Kier molecular flexibility index (Phi) is 4.11. The fraction of sp³-hybridized carbons (Fsp3) is 0.538. The van der Waals surface area contributed by atoms with Gasteiger partial charge in [0.1, 0.15) is 5.69 Å². The minimum absolute atomic E-state index is 0.191. The molecule has 0 bridgehead atoms. The first kappa shape index (κ1) is 13.2. The molecule has 1 heterocycles. The van der Waals surface area contributed by atoms with Crippen LogP contribution in [0, 0.1) is 24.0 Å². The third-order valence-corrected chi connectivity index (χ3v) is 4.44. The normalized spacial score (nSPS) is 16.6. The highest BCUT2D eigenvalue weighted by Gasteiger charge is 2.20. The van der Waals surface area contributed by atoms with Crippen LogP contribution in [0.15, 0.2) is 12.1 Å². The first-order chi connectivity index (χ1) is 8.58. The van der Waals surface area contributed by atoms with Crippen molar-refractivity contribution >= 4 is 23.1 Å². The summed E-state index contributed by atoms with van der Waals surface area (Å²) in [5, 5.41) is 14.4. The molecule has 0 saturated carbocycles. The number of nitrogens with zero attached hydrogens (tertiary/aromatic N) is 1. The zero-order chi connectivity index (χ0) is 13.1. The lowest BCUT2D eigenvalue weighted by atomic mass is 10.1. The molecule has 0 atom stereocenters. The first-order valence-corrected chi connectivity index (χ1v) is 7.33. The van der Waals surface area contributed by atoms with Crippen molar-refractivity contribution in [3.8, 4) is 0 Å². The maximum atomic E-state index is 11.1. The van der Waals surface area contributed by atoms with Gasteiger partial charge in [0, 0.05) is 12.1 Å². The van der Waals surface area contributed by atoms with Crippen molar-refractivity contribution in [1.82, 2.24) is 0 Å². The molecule has 0 amide bonds. The fourth-order valence-corrected chi connectivity index (χ4v) is 3.24. The number of thioether (sulfide) groups is 1. The van der Waals surface area contributed by atoms with Crippen LogP contribution in [0.4, 0.5) is 11.4 Å². The average molecular weight is 266 g/mol. The maximum absolute atomic E-state index is 11.1. The van der Waals surface area contributed by atoms with E-state index >= 15 is 0 Å². The highest BCUT2D eigenvalue weighted by molar-refractivity contribution is 7.99. The Morgan fingerprint density at radius 1 is 1.28 bits per heavy atom. The lowest BCUT2D eigenvalue weighted by Gasteiger charge is -2.23. The predicted molar refractivity (Wildman–Crippen MR) is 76.5 cm³/mol. The summed E-state index contributed by atoms with van der Waals surface area (Å²) < 4.78 is 0. The minimum atomic E-state index is -0.299. The van der Waals surface area contributed by atoms with Crippen molar-refractivity contribution in [3.05, 3.63) is 33.4 Å². The van der Waals surface area contributed by atoms with Crippen LogP contribution in [-0.4, -0.2) is 22.5 Å². The fourth-order valence-electron chi connectivity index (χ4n) is 2.13. The van der Waals surface area contributed by atoms with E-state index in [0.29, 0.717) is 11.7 Å². The van der Waals surface area contributed by atoms with E-state index < -0.39 is 0 Å². The van der Waals surface area contributed by atoms with Gasteiger partial charge >= 0.3 is 0 Å². The second kappa shape index (κ2) is 5.61. The van der Waals surface area contributed by atoms with E-state index in [4.69, 9.17) is 0 Å². The highest BCUT2D eigenvalue weighted by atomic mass is 32.2. The molecule has 0 aromatic heterocycles. The Labute approximate surface area is 111 Å². The van der Waals surface area contributed by atoms with Crippen LogP contribution in [0.3, 0.4) is 0 Å². The summed E-state index contributed by atoms with van der Waals surface area (Å²) in [6.45, 7) is 3.89. The number of rotatable bonds is 3. The molecule has 1 saturated heterocycles. The number of hydrogen-bond acceptors (Lipinski definition) is 4. The van der Waals surface area contributed by atoms with Gasteiger partial charge in [-0.3, -0.25) is 10.1 Å². The van der Waals surface area contributed by atoms with E-state index in [1.807, 2.05) is 31.7 Å². The molecule has 1 aliphatic heterocycles. The molecule has 1 aromatic rings. The third kappa shape index (κ3) is 2.96. The van der Waals surface area contributed by atoms with Crippen molar-refractivity contribution in [2.45, 2.75) is 32.7 Å². The van der Waals surface area contributed by atoms with Crippen molar-refractivity contribution < 1.29 is 4.92 Å². The summed E-state index contributed by atoms with van der Waals surface area (Å²) in [6, 6.07) is 3.93. The van der Waals surface area contributed by atoms with Crippen molar-refractivity contribution in [1.29, 1.82) is 0 Å². The van der Waals surface area contributed by atoms with E-state index in [-0.39, 0.29) is 10.6 Å². The molecule has 0 radical (unpaired) electrons. The Bertz CT molecular complexity index is 457. The molecular formula is C13H18N2O2S. The molecule has 1 aliphatic rings. The van der Waals surface area contributed by atoms with Crippen LogP contribution in [0.25, 0.3) is 0 Å². The largest absolute Gasteiger partial charge is 0.377 e. The minimum Gasteiger partial charge on any atom is -0.377 e. The molecule has 1 N–H and O–H groups in total. The van der Waals surface area contributed by atoms with Gasteiger partial charge in [-0.05, 0) is 55.4 Å². The summed E-state index contributed by atoms with van der Waals surface area (Å²) in [4.78, 5) is 10.8. The van der Waals surface area contributed by atoms with E-state index in [0.717, 1.165) is 35.5 Å². The van der Waals surface area contributed by atoms with Crippen LogP contribution >= 0.6 is 11.8 Å². The van der Waals surface area contributed by atoms with Gasteiger partial charge in [-0.25, -0.2) is 0 Å². The summed E-state index contributed by atoms with van der Waals surface area (Å²) >= 11 is 1.95. The number of nitrogens with one attached hydrogen (secondary N) is 1. The standard InChI is InChI=1S/C13H18N2O2S/c1-9-7-12(13(15(16)17)8-10(9)2)14-11-3-5-18-6-4-11/h7-8,11,14H,3-6H2,1-2H3. The van der Waals surface area contributed by atoms with E-state index in [9.17, 15) is 10.1 Å². The van der Waals surface area contributed by atoms with Gasteiger partial charge in [-0.15, -0.1) is 0 Å². The van der Waals surface area contributed by atoms with Crippen molar-refractivity contribution in [2.24, 2.45) is 0 Å². The zero-order valence-corrected chi connectivity index (χ0v) is 11.5. The third-order valence-electron chi connectivity index (χ3n) is 3.39. The highest BCUT2D eigenvalue weighted by Crippen LogP contribution is 2.30.